The molecule has 0 aromatic heterocycles. The average molecular weight is 226 g/mol. The lowest BCUT2D eigenvalue weighted by Gasteiger charge is -2.04. The molecule has 0 rings (SSSR count). The van der Waals surface area contributed by atoms with E-state index < -0.39 is 0 Å². The molecule has 0 atom stereocenters. The molecule has 0 aromatic rings. The fourth-order valence-electron chi connectivity index (χ4n) is 0.0598. The molecule has 0 aliphatic rings. The predicted molar refractivity (Wildman–Crippen MR) is 37.9 cm³/mol. The van der Waals surface area contributed by atoms with Gasteiger partial charge in [0.25, 0.3) is 0 Å². The largest absolute Gasteiger partial charge is 0.342 e. The van der Waals surface area contributed by atoms with Gasteiger partial charge in [0.05, 0.1) is 0 Å². The highest BCUT2D eigenvalue weighted by Crippen LogP contribution is 1.80. The van der Waals surface area contributed by atoms with E-state index >= 15 is 0 Å². The van der Waals surface area contributed by atoms with E-state index in [1.165, 1.54) is 0 Å². The van der Waals surface area contributed by atoms with Crippen molar-refractivity contribution >= 4 is 39.4 Å². The van der Waals surface area contributed by atoms with Gasteiger partial charge in [0.2, 0.25) is 7.18 Å². The summed E-state index contributed by atoms with van der Waals surface area (Å²) in [5.41, 5.74) is 0. The molecular formula is C2H5INSi2. The minimum absolute atomic E-state index is 0.848. The highest BCUT2D eigenvalue weighted by Gasteiger charge is 1.86. The smallest absolute Gasteiger partial charge is 0.223 e. The normalized spacial score (nSPS) is 10.0. The third kappa shape index (κ3) is 3.32. The fourth-order valence-corrected chi connectivity index (χ4v) is 1.20. The van der Waals surface area contributed by atoms with Crippen LogP contribution >= 0.6 is 21.8 Å². The minimum atomic E-state index is 0.848. The van der Waals surface area contributed by atoms with Crippen molar-refractivity contribution in [1.29, 1.82) is 0 Å². The Morgan fingerprint density at radius 3 is 2.50 bits per heavy atom. The zero-order valence-electron chi connectivity index (χ0n) is 3.53. The van der Waals surface area contributed by atoms with Crippen LogP contribution in [0.5, 0.6) is 0 Å². The summed E-state index contributed by atoms with van der Waals surface area (Å²) in [6.45, 7) is 3.19. The van der Waals surface area contributed by atoms with E-state index in [9.17, 15) is 0 Å². The van der Waals surface area contributed by atoms with Gasteiger partial charge in [-0.05, 0) is 6.54 Å². The Kier molecular flexibility index (Phi) is 5.09. The Bertz CT molecular complexity index is 30.7. The molecule has 4 heteroatoms. The zero-order valence-corrected chi connectivity index (χ0v) is 7.69. The maximum atomic E-state index is 3.36. The van der Waals surface area contributed by atoms with Gasteiger partial charge < -0.3 is 4.23 Å². The third-order valence-electron chi connectivity index (χ3n) is 0.418. The van der Waals surface area contributed by atoms with Gasteiger partial charge >= 0.3 is 0 Å². The van der Waals surface area contributed by atoms with Crippen LogP contribution < -0.4 is 0 Å². The van der Waals surface area contributed by atoms with Crippen molar-refractivity contribution in [3.05, 3.63) is 0 Å². The van der Waals surface area contributed by atoms with Crippen molar-refractivity contribution in [3.8, 4) is 0 Å². The van der Waals surface area contributed by atoms with Crippen LogP contribution in [-0.2, 0) is 0 Å². The number of hydrogen-bond donors (Lipinski definition) is 0. The van der Waals surface area contributed by atoms with Gasteiger partial charge in [-0.25, -0.2) is 0 Å². The van der Waals surface area contributed by atoms with Gasteiger partial charge in [0.1, 0.15) is 10.4 Å². The Hall–Kier alpha value is 1.12. The van der Waals surface area contributed by atoms with E-state index in [1.54, 1.807) is 0 Å². The molecule has 0 aliphatic heterocycles. The van der Waals surface area contributed by atoms with Crippen LogP contribution in [-0.4, -0.2) is 28.4 Å². The Morgan fingerprint density at radius 2 is 2.50 bits per heavy atom. The first kappa shape index (κ1) is 7.12. The molecule has 0 fully saturated rings. The predicted octanol–water partition coefficient (Wildman–Crippen LogP) is 0.361. The molecular weight excluding hydrogens is 221 g/mol. The van der Waals surface area contributed by atoms with Crippen molar-refractivity contribution in [2.24, 2.45) is 0 Å². The van der Waals surface area contributed by atoms with Crippen LogP contribution in [0.4, 0.5) is 0 Å². The molecule has 0 spiro atoms. The third-order valence-corrected chi connectivity index (χ3v) is 4.70. The highest BCUT2D eigenvalue weighted by atomic mass is 127. The van der Waals surface area contributed by atoms with E-state index in [2.05, 4.69) is 43.4 Å². The summed E-state index contributed by atoms with van der Waals surface area (Å²) in [7, 11) is 4.21. The lowest BCUT2D eigenvalue weighted by Crippen LogP contribution is -2.19. The summed E-state index contributed by atoms with van der Waals surface area (Å²) in [5.74, 6) is 0. The van der Waals surface area contributed by atoms with E-state index in [4.69, 9.17) is 0 Å². The van der Waals surface area contributed by atoms with Crippen molar-refractivity contribution in [3.63, 3.8) is 0 Å². The summed E-state index contributed by atoms with van der Waals surface area (Å²) in [4.78, 5) is 0. The van der Waals surface area contributed by atoms with Crippen molar-refractivity contribution in [1.82, 2.24) is 4.23 Å². The first-order valence-electron chi connectivity index (χ1n) is 1.66. The molecule has 0 N–H and O–H groups in total. The molecule has 6 heavy (non-hydrogen) atoms. The Morgan fingerprint density at radius 1 is 2.00 bits per heavy atom. The average Bonchev–Trinajstić information content (AvgIpc) is 1.65. The second kappa shape index (κ2) is 4.29. The summed E-state index contributed by atoms with van der Waals surface area (Å²) >= 11 is 2.32. The van der Waals surface area contributed by atoms with Crippen LogP contribution in [0.15, 0.2) is 0 Å². The van der Waals surface area contributed by atoms with Crippen LogP contribution in [0.3, 0.4) is 0 Å². The molecule has 0 aromatic carbocycles. The zero-order chi connectivity index (χ0) is 4.99. The number of rotatable bonds is 2. The lowest BCUT2D eigenvalue weighted by atomic mass is 10.8. The highest BCUT2D eigenvalue weighted by molar-refractivity contribution is 14.1. The van der Waals surface area contributed by atoms with Gasteiger partial charge in [-0.3, -0.25) is 0 Å². The van der Waals surface area contributed by atoms with Crippen LogP contribution in [0.1, 0.15) is 6.92 Å². The van der Waals surface area contributed by atoms with Gasteiger partial charge in [0, 0.05) is 0 Å². The molecule has 0 heterocycles. The van der Waals surface area contributed by atoms with Crippen molar-refractivity contribution < 1.29 is 0 Å². The topological polar surface area (TPSA) is 3.24 Å². The summed E-state index contributed by atoms with van der Waals surface area (Å²) in [5, 5.41) is 0. The summed E-state index contributed by atoms with van der Waals surface area (Å²) in [6.07, 6.45) is 0. The maximum Gasteiger partial charge on any atom is 0.223 e. The van der Waals surface area contributed by atoms with Crippen molar-refractivity contribution in [2.45, 2.75) is 6.92 Å². The second-order valence-electron chi connectivity index (χ2n) is 0.829. The number of hydrogen-bond acceptors (Lipinski definition) is 1. The first-order chi connectivity index (χ1) is 2.81. The van der Waals surface area contributed by atoms with E-state index in [0.29, 0.717) is 0 Å². The molecule has 33 valence electrons. The molecule has 0 saturated heterocycles. The van der Waals surface area contributed by atoms with Crippen molar-refractivity contribution in [2.75, 3.05) is 6.54 Å². The van der Waals surface area contributed by atoms with Crippen LogP contribution in [0, 0.1) is 0 Å². The SMILES string of the molecule is CCN([Si])[Si]I. The quantitative estimate of drug-likeness (QED) is 0.373. The fraction of sp³-hybridized carbons (Fsp3) is 1.00. The standard InChI is InChI=1S/C2H5INSi2/c1-2-4(5)6-3/h2H2,1H3. The number of nitrogens with zero attached hydrogens (tertiary/aromatic N) is 1. The van der Waals surface area contributed by atoms with E-state index in [-0.39, 0.29) is 0 Å². The molecule has 0 aliphatic carbocycles. The maximum absolute atomic E-state index is 3.36. The molecule has 0 unspecified atom stereocenters. The lowest BCUT2D eigenvalue weighted by molar-refractivity contribution is 0.744. The molecule has 1 nitrogen and oxygen atoms in total. The van der Waals surface area contributed by atoms with Gasteiger partial charge in [-0.1, -0.05) is 6.92 Å². The Balaban J connectivity index is 2.75. The van der Waals surface area contributed by atoms with E-state index in [0.717, 1.165) is 13.7 Å². The summed E-state index contributed by atoms with van der Waals surface area (Å²) < 4.78 is 2.07. The molecule has 0 amide bonds. The number of halogens is 1. The Labute approximate surface area is 57.1 Å². The monoisotopic (exact) mass is 226 g/mol. The van der Waals surface area contributed by atoms with Gasteiger partial charge in [0.15, 0.2) is 0 Å². The minimum Gasteiger partial charge on any atom is -0.342 e. The molecule has 0 saturated carbocycles. The molecule has 0 bridgehead atoms. The summed E-state index contributed by atoms with van der Waals surface area (Å²) in [6, 6.07) is 0. The van der Waals surface area contributed by atoms with E-state index in [1.807, 2.05) is 0 Å². The van der Waals surface area contributed by atoms with Crippen LogP contribution in [0.25, 0.3) is 0 Å². The van der Waals surface area contributed by atoms with Gasteiger partial charge in [-0.2, -0.15) is 0 Å². The second-order valence-corrected chi connectivity index (χ2v) is 3.97. The molecule has 5 radical (unpaired) electrons. The van der Waals surface area contributed by atoms with Crippen LogP contribution in [0.2, 0.25) is 0 Å². The van der Waals surface area contributed by atoms with Gasteiger partial charge in [-0.15, -0.1) is 21.8 Å². The first-order valence-corrected chi connectivity index (χ1v) is 6.17.